The standard InChI is InChI=1S/C4H8O2.CH4/c1-2-6-4-3-5-1;/h1-4H2;1H4. The van der Waals surface area contributed by atoms with Crippen molar-refractivity contribution < 1.29 is 9.47 Å². The highest BCUT2D eigenvalue weighted by atomic mass is 16.6. The van der Waals surface area contributed by atoms with Gasteiger partial charge >= 0.3 is 0 Å². The second-order valence-electron chi connectivity index (χ2n) is 1.22. The van der Waals surface area contributed by atoms with E-state index < -0.39 is 0 Å². The molecule has 0 atom stereocenters. The van der Waals surface area contributed by atoms with Gasteiger partial charge in [-0.05, 0) is 0 Å². The summed E-state index contributed by atoms with van der Waals surface area (Å²) in [4.78, 5) is 0. The SMILES string of the molecule is C.C1COCCO1. The van der Waals surface area contributed by atoms with E-state index in [2.05, 4.69) is 0 Å². The largest absolute Gasteiger partial charge is 0.377 e. The summed E-state index contributed by atoms with van der Waals surface area (Å²) < 4.78 is 9.89. The molecule has 0 amide bonds. The van der Waals surface area contributed by atoms with Crippen LogP contribution in [-0.2, 0) is 9.47 Å². The van der Waals surface area contributed by atoms with Crippen molar-refractivity contribution in [1.29, 1.82) is 0 Å². The average molecular weight is 104 g/mol. The van der Waals surface area contributed by atoms with Crippen LogP contribution >= 0.6 is 0 Å². The van der Waals surface area contributed by atoms with Gasteiger partial charge in [-0.1, -0.05) is 7.43 Å². The molecule has 0 radical (unpaired) electrons. The predicted molar refractivity (Wildman–Crippen MR) is 28.4 cm³/mol. The maximum Gasteiger partial charge on any atom is 0.0701 e. The number of hydrogen-bond acceptors (Lipinski definition) is 2. The van der Waals surface area contributed by atoms with Crippen molar-refractivity contribution in [3.05, 3.63) is 0 Å². The van der Waals surface area contributed by atoms with E-state index in [0.29, 0.717) is 0 Å². The zero-order valence-corrected chi connectivity index (χ0v) is 3.64. The maximum atomic E-state index is 4.94. The van der Waals surface area contributed by atoms with Crippen molar-refractivity contribution in [2.75, 3.05) is 26.4 Å². The Morgan fingerprint density at radius 2 is 1.00 bits per heavy atom. The molecule has 0 unspecified atom stereocenters. The zero-order valence-electron chi connectivity index (χ0n) is 3.64. The third kappa shape index (κ3) is 2.60. The van der Waals surface area contributed by atoms with E-state index in [-0.39, 0.29) is 7.43 Å². The molecule has 1 fully saturated rings. The smallest absolute Gasteiger partial charge is 0.0701 e. The average Bonchev–Trinajstić information content (AvgIpc) is 1.72. The summed E-state index contributed by atoms with van der Waals surface area (Å²) >= 11 is 0. The molecule has 0 aromatic heterocycles. The fourth-order valence-corrected chi connectivity index (χ4v) is 0.440. The first-order chi connectivity index (χ1) is 3.00. The van der Waals surface area contributed by atoms with Gasteiger partial charge in [0.05, 0.1) is 26.4 Å². The van der Waals surface area contributed by atoms with Crippen LogP contribution in [0.1, 0.15) is 7.43 Å². The lowest BCUT2D eigenvalue weighted by molar-refractivity contribution is -0.0334. The van der Waals surface area contributed by atoms with E-state index in [4.69, 9.17) is 9.47 Å². The molecule has 2 heteroatoms. The van der Waals surface area contributed by atoms with Crippen LogP contribution in [0, 0.1) is 0 Å². The van der Waals surface area contributed by atoms with Crippen LogP contribution in [0.4, 0.5) is 0 Å². The first-order valence-electron chi connectivity index (χ1n) is 2.15. The Hall–Kier alpha value is -0.0800. The Labute approximate surface area is 44.4 Å². The van der Waals surface area contributed by atoms with Gasteiger partial charge < -0.3 is 9.47 Å². The number of ether oxygens (including phenoxy) is 2. The lowest BCUT2D eigenvalue weighted by atomic mass is 10.6. The third-order valence-electron chi connectivity index (χ3n) is 0.744. The molecule has 1 aliphatic rings. The molecule has 0 aliphatic carbocycles. The van der Waals surface area contributed by atoms with E-state index in [1.165, 1.54) is 0 Å². The number of rotatable bonds is 0. The predicted octanol–water partition coefficient (Wildman–Crippen LogP) is 0.669. The van der Waals surface area contributed by atoms with Gasteiger partial charge in [-0.15, -0.1) is 0 Å². The fourth-order valence-electron chi connectivity index (χ4n) is 0.440. The molecule has 1 saturated heterocycles. The van der Waals surface area contributed by atoms with E-state index in [9.17, 15) is 0 Å². The highest BCUT2D eigenvalue weighted by molar-refractivity contribution is 4.37. The number of hydrogen-bond donors (Lipinski definition) is 0. The van der Waals surface area contributed by atoms with Crippen molar-refractivity contribution in [2.24, 2.45) is 0 Å². The molecule has 1 rings (SSSR count). The minimum atomic E-state index is 0. The normalized spacial score (nSPS) is 20.6. The Bertz CT molecular complexity index is 21.6. The van der Waals surface area contributed by atoms with Crippen LogP contribution in [-0.4, -0.2) is 26.4 Å². The molecule has 0 bridgehead atoms. The Morgan fingerprint density at radius 1 is 0.714 bits per heavy atom. The first-order valence-corrected chi connectivity index (χ1v) is 2.15. The molecule has 1 aliphatic heterocycles. The lowest BCUT2D eigenvalue weighted by Gasteiger charge is -2.09. The second-order valence-corrected chi connectivity index (χ2v) is 1.22. The van der Waals surface area contributed by atoms with Gasteiger partial charge in [0.1, 0.15) is 0 Å². The first kappa shape index (κ1) is 6.92. The summed E-state index contributed by atoms with van der Waals surface area (Å²) in [5, 5.41) is 0. The Balaban J connectivity index is 0.000000360. The quantitative estimate of drug-likeness (QED) is 0.449. The van der Waals surface area contributed by atoms with Crippen LogP contribution in [0.15, 0.2) is 0 Å². The van der Waals surface area contributed by atoms with Gasteiger partial charge in [0.2, 0.25) is 0 Å². The summed E-state index contributed by atoms with van der Waals surface area (Å²) in [5.41, 5.74) is 0. The monoisotopic (exact) mass is 104 g/mol. The van der Waals surface area contributed by atoms with Crippen molar-refractivity contribution in [2.45, 2.75) is 7.43 Å². The molecule has 0 aromatic rings. The van der Waals surface area contributed by atoms with Crippen LogP contribution in [0.3, 0.4) is 0 Å². The van der Waals surface area contributed by atoms with Crippen LogP contribution in [0.5, 0.6) is 0 Å². The molecule has 7 heavy (non-hydrogen) atoms. The summed E-state index contributed by atoms with van der Waals surface area (Å²) in [5.74, 6) is 0. The summed E-state index contributed by atoms with van der Waals surface area (Å²) in [7, 11) is 0. The molecule has 2 nitrogen and oxygen atoms in total. The molecule has 44 valence electrons. The summed E-state index contributed by atoms with van der Waals surface area (Å²) in [6, 6.07) is 0. The molecular weight excluding hydrogens is 92.1 g/mol. The molecule has 0 N–H and O–H groups in total. The van der Waals surface area contributed by atoms with E-state index in [0.717, 1.165) is 26.4 Å². The molecular formula is C5H12O2. The maximum absolute atomic E-state index is 4.94. The Kier molecular flexibility index (Phi) is 4.04. The van der Waals surface area contributed by atoms with Gasteiger partial charge in [-0.3, -0.25) is 0 Å². The molecule has 0 spiro atoms. The van der Waals surface area contributed by atoms with Gasteiger partial charge in [-0.2, -0.15) is 0 Å². The van der Waals surface area contributed by atoms with Gasteiger partial charge in [-0.25, -0.2) is 0 Å². The van der Waals surface area contributed by atoms with Crippen molar-refractivity contribution in [3.63, 3.8) is 0 Å². The molecule has 1 heterocycles. The topological polar surface area (TPSA) is 18.5 Å². The van der Waals surface area contributed by atoms with Gasteiger partial charge in [0.15, 0.2) is 0 Å². The minimum Gasteiger partial charge on any atom is -0.377 e. The van der Waals surface area contributed by atoms with Crippen molar-refractivity contribution >= 4 is 0 Å². The third-order valence-corrected chi connectivity index (χ3v) is 0.744. The van der Waals surface area contributed by atoms with Gasteiger partial charge in [0.25, 0.3) is 0 Å². The summed E-state index contributed by atoms with van der Waals surface area (Å²) in [6.45, 7) is 3.11. The molecule has 0 aromatic carbocycles. The zero-order chi connectivity index (χ0) is 4.24. The highest BCUT2D eigenvalue weighted by Crippen LogP contribution is 1.85. The van der Waals surface area contributed by atoms with Gasteiger partial charge in [0, 0.05) is 0 Å². The van der Waals surface area contributed by atoms with E-state index >= 15 is 0 Å². The van der Waals surface area contributed by atoms with Crippen LogP contribution in [0.2, 0.25) is 0 Å². The minimum absolute atomic E-state index is 0. The van der Waals surface area contributed by atoms with Crippen LogP contribution < -0.4 is 0 Å². The van der Waals surface area contributed by atoms with E-state index in [1.807, 2.05) is 0 Å². The fraction of sp³-hybridized carbons (Fsp3) is 1.00. The van der Waals surface area contributed by atoms with Crippen molar-refractivity contribution in [1.82, 2.24) is 0 Å². The summed E-state index contributed by atoms with van der Waals surface area (Å²) in [6.07, 6.45) is 0. The van der Waals surface area contributed by atoms with E-state index in [1.54, 1.807) is 0 Å². The van der Waals surface area contributed by atoms with Crippen LogP contribution in [0.25, 0.3) is 0 Å². The highest BCUT2D eigenvalue weighted by Gasteiger charge is 1.94. The molecule has 0 saturated carbocycles. The lowest BCUT2D eigenvalue weighted by Crippen LogP contribution is -2.16. The second kappa shape index (κ2) is 4.09. The Morgan fingerprint density at radius 3 is 1.14 bits per heavy atom. The van der Waals surface area contributed by atoms with Crippen molar-refractivity contribution in [3.8, 4) is 0 Å².